The summed E-state index contributed by atoms with van der Waals surface area (Å²) in [6.07, 6.45) is 1.46. The normalized spacial score (nSPS) is 10.3. The molecule has 3 N–H and O–H groups in total. The Balaban J connectivity index is 1.88. The van der Waals surface area contributed by atoms with E-state index in [0.717, 1.165) is 0 Å². The van der Waals surface area contributed by atoms with E-state index < -0.39 is 0 Å². The summed E-state index contributed by atoms with van der Waals surface area (Å²) in [5.41, 5.74) is 6.94. The summed E-state index contributed by atoms with van der Waals surface area (Å²) in [7, 11) is 1.78. The summed E-state index contributed by atoms with van der Waals surface area (Å²) in [6, 6.07) is 7.07. The van der Waals surface area contributed by atoms with Crippen LogP contribution in [0.5, 0.6) is 0 Å². The van der Waals surface area contributed by atoms with Crippen molar-refractivity contribution in [3.63, 3.8) is 0 Å². The van der Waals surface area contributed by atoms with Crippen LogP contribution in [0.4, 0.5) is 11.4 Å². The number of nitrogen functional groups attached to an aromatic ring is 1. The maximum atomic E-state index is 11.7. The van der Waals surface area contributed by atoms with E-state index in [2.05, 4.69) is 15.4 Å². The van der Waals surface area contributed by atoms with Gasteiger partial charge < -0.3 is 11.1 Å². The summed E-state index contributed by atoms with van der Waals surface area (Å²) < 4.78 is 1.62. The van der Waals surface area contributed by atoms with Crippen LogP contribution in [0.2, 0.25) is 0 Å². The number of amides is 1. The van der Waals surface area contributed by atoms with E-state index in [1.165, 1.54) is 18.1 Å². The largest absolute Gasteiger partial charge is 0.399 e. The van der Waals surface area contributed by atoms with Crippen molar-refractivity contribution >= 4 is 29.0 Å². The van der Waals surface area contributed by atoms with Crippen LogP contribution in [0.1, 0.15) is 0 Å². The zero-order chi connectivity index (χ0) is 13.0. The monoisotopic (exact) mass is 263 g/mol. The lowest BCUT2D eigenvalue weighted by molar-refractivity contribution is -0.113. The van der Waals surface area contributed by atoms with Crippen LogP contribution < -0.4 is 11.1 Å². The van der Waals surface area contributed by atoms with Crippen molar-refractivity contribution in [1.29, 1.82) is 0 Å². The SMILES string of the molecule is Cn1ncnc1SCC(=O)Nc1cccc(N)c1. The fourth-order valence-electron chi connectivity index (χ4n) is 1.36. The maximum absolute atomic E-state index is 11.7. The Hall–Kier alpha value is -2.02. The predicted octanol–water partition coefficient (Wildman–Crippen LogP) is 1.13. The molecule has 1 aromatic carbocycles. The minimum absolute atomic E-state index is 0.103. The molecule has 0 aliphatic rings. The van der Waals surface area contributed by atoms with Gasteiger partial charge in [-0.25, -0.2) is 9.67 Å². The van der Waals surface area contributed by atoms with Crippen LogP contribution >= 0.6 is 11.8 Å². The van der Waals surface area contributed by atoms with Crippen LogP contribution in [0.15, 0.2) is 35.7 Å². The molecule has 0 radical (unpaired) electrons. The Labute approximate surface area is 109 Å². The lowest BCUT2D eigenvalue weighted by Gasteiger charge is -2.05. The van der Waals surface area contributed by atoms with Crippen molar-refractivity contribution < 1.29 is 4.79 Å². The first-order valence-corrected chi connectivity index (χ1v) is 6.26. The lowest BCUT2D eigenvalue weighted by atomic mass is 10.3. The minimum atomic E-state index is -0.103. The van der Waals surface area contributed by atoms with Gasteiger partial charge in [-0.15, -0.1) is 0 Å². The molecule has 0 unspecified atom stereocenters. The van der Waals surface area contributed by atoms with Gasteiger partial charge in [0.2, 0.25) is 5.91 Å². The molecule has 94 valence electrons. The van der Waals surface area contributed by atoms with Gasteiger partial charge in [0.25, 0.3) is 0 Å². The average Bonchev–Trinajstić information content (AvgIpc) is 2.72. The van der Waals surface area contributed by atoms with Gasteiger partial charge in [0, 0.05) is 18.4 Å². The van der Waals surface area contributed by atoms with Crippen molar-refractivity contribution in [3.8, 4) is 0 Å². The summed E-state index contributed by atoms with van der Waals surface area (Å²) >= 11 is 1.33. The highest BCUT2D eigenvalue weighted by Gasteiger charge is 2.07. The first-order chi connectivity index (χ1) is 8.65. The summed E-state index contributed by atoms with van der Waals surface area (Å²) in [4.78, 5) is 15.7. The van der Waals surface area contributed by atoms with Gasteiger partial charge in [-0.1, -0.05) is 17.8 Å². The van der Waals surface area contributed by atoms with Gasteiger partial charge in [0.15, 0.2) is 5.16 Å². The molecule has 18 heavy (non-hydrogen) atoms. The van der Waals surface area contributed by atoms with E-state index in [4.69, 9.17) is 5.73 Å². The second kappa shape index (κ2) is 5.54. The van der Waals surface area contributed by atoms with E-state index >= 15 is 0 Å². The second-order valence-electron chi connectivity index (χ2n) is 3.63. The van der Waals surface area contributed by atoms with Crippen LogP contribution in [-0.2, 0) is 11.8 Å². The van der Waals surface area contributed by atoms with E-state index in [-0.39, 0.29) is 11.7 Å². The molecular weight excluding hydrogens is 250 g/mol. The topological polar surface area (TPSA) is 85.8 Å². The minimum Gasteiger partial charge on any atom is -0.399 e. The van der Waals surface area contributed by atoms with Crippen LogP contribution in [0, 0.1) is 0 Å². The van der Waals surface area contributed by atoms with Gasteiger partial charge in [-0.05, 0) is 18.2 Å². The molecule has 0 spiro atoms. The zero-order valence-corrected chi connectivity index (χ0v) is 10.6. The van der Waals surface area contributed by atoms with Gasteiger partial charge in [0.05, 0.1) is 5.75 Å². The van der Waals surface area contributed by atoms with Crippen molar-refractivity contribution in [2.24, 2.45) is 7.05 Å². The smallest absolute Gasteiger partial charge is 0.234 e. The zero-order valence-electron chi connectivity index (χ0n) is 9.83. The van der Waals surface area contributed by atoms with Gasteiger partial charge in [0.1, 0.15) is 6.33 Å². The highest BCUT2D eigenvalue weighted by molar-refractivity contribution is 7.99. The third-order valence-electron chi connectivity index (χ3n) is 2.17. The van der Waals surface area contributed by atoms with E-state index in [1.54, 1.807) is 36.0 Å². The Bertz CT molecular complexity index is 554. The molecule has 0 fully saturated rings. The number of thioether (sulfide) groups is 1. The van der Waals surface area contributed by atoms with Crippen molar-refractivity contribution in [2.75, 3.05) is 16.8 Å². The molecule has 2 aromatic rings. The molecule has 1 amide bonds. The number of benzene rings is 1. The number of hydrogen-bond donors (Lipinski definition) is 2. The second-order valence-corrected chi connectivity index (χ2v) is 4.57. The van der Waals surface area contributed by atoms with E-state index in [0.29, 0.717) is 16.5 Å². The number of carbonyl (C=O) groups is 1. The molecule has 0 aliphatic heterocycles. The number of rotatable bonds is 4. The third kappa shape index (κ3) is 3.24. The first-order valence-electron chi connectivity index (χ1n) is 5.27. The number of aryl methyl sites for hydroxylation is 1. The fourth-order valence-corrected chi connectivity index (χ4v) is 2.05. The summed E-state index contributed by atoms with van der Waals surface area (Å²) in [6.45, 7) is 0. The highest BCUT2D eigenvalue weighted by Crippen LogP contribution is 2.15. The maximum Gasteiger partial charge on any atom is 0.234 e. The Morgan fingerprint density at radius 2 is 2.39 bits per heavy atom. The van der Waals surface area contributed by atoms with E-state index in [9.17, 15) is 4.79 Å². The number of anilines is 2. The van der Waals surface area contributed by atoms with Gasteiger partial charge in [-0.2, -0.15) is 5.10 Å². The molecule has 2 rings (SSSR count). The molecule has 0 bridgehead atoms. The molecule has 0 aliphatic carbocycles. The third-order valence-corrected chi connectivity index (χ3v) is 3.21. The molecule has 7 heteroatoms. The molecule has 6 nitrogen and oxygen atoms in total. The van der Waals surface area contributed by atoms with E-state index in [1.807, 2.05) is 0 Å². The quantitative estimate of drug-likeness (QED) is 0.638. The molecule has 1 heterocycles. The standard InChI is InChI=1S/C11H13N5OS/c1-16-11(13-7-14-16)18-6-10(17)15-9-4-2-3-8(12)5-9/h2-5,7H,6,12H2,1H3,(H,15,17). The Morgan fingerprint density at radius 1 is 1.56 bits per heavy atom. The molecular formula is C11H13N5OS. The lowest BCUT2D eigenvalue weighted by Crippen LogP contribution is -2.14. The van der Waals surface area contributed by atoms with Crippen LogP contribution in [-0.4, -0.2) is 26.4 Å². The van der Waals surface area contributed by atoms with Crippen molar-refractivity contribution in [1.82, 2.24) is 14.8 Å². The number of nitrogens with zero attached hydrogens (tertiary/aromatic N) is 3. The summed E-state index contributed by atoms with van der Waals surface area (Å²) in [5.74, 6) is 0.176. The Morgan fingerprint density at radius 3 is 3.06 bits per heavy atom. The highest BCUT2D eigenvalue weighted by atomic mass is 32.2. The molecule has 0 saturated carbocycles. The van der Waals surface area contributed by atoms with Crippen LogP contribution in [0.25, 0.3) is 0 Å². The first kappa shape index (κ1) is 12.4. The average molecular weight is 263 g/mol. The van der Waals surface area contributed by atoms with Gasteiger partial charge >= 0.3 is 0 Å². The number of nitrogens with two attached hydrogens (primary N) is 1. The fraction of sp³-hybridized carbons (Fsp3) is 0.182. The molecule has 0 atom stereocenters. The molecule has 1 aromatic heterocycles. The predicted molar refractivity (Wildman–Crippen MR) is 71.2 cm³/mol. The van der Waals surface area contributed by atoms with Crippen LogP contribution in [0.3, 0.4) is 0 Å². The molecule has 0 saturated heterocycles. The van der Waals surface area contributed by atoms with Crippen molar-refractivity contribution in [2.45, 2.75) is 5.16 Å². The number of nitrogens with one attached hydrogen (secondary N) is 1. The summed E-state index contributed by atoms with van der Waals surface area (Å²) in [5, 5.41) is 7.40. The Kier molecular flexibility index (Phi) is 3.83. The number of hydrogen-bond acceptors (Lipinski definition) is 5. The number of carbonyl (C=O) groups excluding carboxylic acids is 1. The number of aromatic nitrogens is 3. The van der Waals surface area contributed by atoms with Crippen molar-refractivity contribution in [3.05, 3.63) is 30.6 Å². The van der Waals surface area contributed by atoms with Gasteiger partial charge in [-0.3, -0.25) is 4.79 Å².